The lowest BCUT2D eigenvalue weighted by Gasteiger charge is -2.12. The van der Waals surface area contributed by atoms with Crippen LogP contribution in [0.1, 0.15) is 17.0 Å². The molecule has 0 saturated carbocycles. The quantitative estimate of drug-likeness (QED) is 0.887. The summed E-state index contributed by atoms with van der Waals surface area (Å²) in [6, 6.07) is 4.90. The molecular weight excluding hydrogens is 296 g/mol. The summed E-state index contributed by atoms with van der Waals surface area (Å²) >= 11 is 0. The predicted octanol–water partition coefficient (Wildman–Crippen LogP) is 2.38. The highest BCUT2D eigenvalue weighted by Gasteiger charge is 2.12. The van der Waals surface area contributed by atoms with E-state index in [4.69, 9.17) is 9.47 Å². The van der Waals surface area contributed by atoms with Crippen molar-refractivity contribution in [2.75, 3.05) is 19.5 Å². The van der Waals surface area contributed by atoms with Gasteiger partial charge in [0, 0.05) is 30.9 Å². The number of urea groups is 1. The van der Waals surface area contributed by atoms with E-state index in [0.717, 1.165) is 17.0 Å². The zero-order chi connectivity index (χ0) is 17.0. The number of benzene rings is 1. The van der Waals surface area contributed by atoms with Crippen molar-refractivity contribution in [1.82, 2.24) is 15.1 Å². The second-order valence-electron chi connectivity index (χ2n) is 5.15. The van der Waals surface area contributed by atoms with Crippen LogP contribution in [-0.4, -0.2) is 30.0 Å². The molecule has 1 aromatic carbocycles. The molecule has 0 unspecified atom stereocenters. The van der Waals surface area contributed by atoms with Crippen LogP contribution in [0.25, 0.3) is 0 Å². The first-order valence-electron chi connectivity index (χ1n) is 7.22. The molecule has 7 heteroatoms. The molecule has 124 valence electrons. The second kappa shape index (κ2) is 7.04. The lowest BCUT2D eigenvalue weighted by molar-refractivity contribution is 0.251. The van der Waals surface area contributed by atoms with Crippen molar-refractivity contribution < 1.29 is 14.3 Å². The number of anilines is 1. The molecule has 1 heterocycles. The molecule has 0 saturated heterocycles. The summed E-state index contributed by atoms with van der Waals surface area (Å²) < 4.78 is 12.2. The van der Waals surface area contributed by atoms with Gasteiger partial charge in [-0.25, -0.2) is 4.79 Å². The van der Waals surface area contributed by atoms with Gasteiger partial charge in [0.1, 0.15) is 11.5 Å². The number of nitrogens with one attached hydrogen (secondary N) is 2. The summed E-state index contributed by atoms with van der Waals surface area (Å²) in [6.07, 6.45) is 0. The molecule has 0 aliphatic carbocycles. The molecule has 2 amide bonds. The number of hydrogen-bond acceptors (Lipinski definition) is 4. The van der Waals surface area contributed by atoms with Crippen LogP contribution in [0.2, 0.25) is 0 Å². The first kappa shape index (κ1) is 16.7. The number of amides is 2. The molecule has 0 bridgehead atoms. The summed E-state index contributed by atoms with van der Waals surface area (Å²) in [5, 5.41) is 9.93. The van der Waals surface area contributed by atoms with E-state index >= 15 is 0 Å². The number of carbonyl (C=O) groups is 1. The number of rotatable bonds is 5. The van der Waals surface area contributed by atoms with Gasteiger partial charge in [0.05, 0.1) is 25.6 Å². The third kappa shape index (κ3) is 3.74. The number of hydrogen-bond donors (Lipinski definition) is 2. The molecule has 7 nitrogen and oxygen atoms in total. The molecule has 0 atom stereocenters. The Morgan fingerprint density at radius 1 is 1.26 bits per heavy atom. The van der Waals surface area contributed by atoms with E-state index in [2.05, 4.69) is 15.7 Å². The summed E-state index contributed by atoms with van der Waals surface area (Å²) in [5.41, 5.74) is 3.53. The van der Waals surface area contributed by atoms with Crippen LogP contribution in [0.4, 0.5) is 10.5 Å². The van der Waals surface area contributed by atoms with E-state index in [1.54, 1.807) is 37.1 Å². The van der Waals surface area contributed by atoms with Crippen molar-refractivity contribution in [2.24, 2.45) is 7.05 Å². The number of aryl methyl sites for hydroxylation is 2. The van der Waals surface area contributed by atoms with Gasteiger partial charge in [-0.1, -0.05) is 0 Å². The highest BCUT2D eigenvalue weighted by molar-refractivity contribution is 5.91. The van der Waals surface area contributed by atoms with Crippen LogP contribution in [0.15, 0.2) is 18.2 Å². The number of ether oxygens (including phenoxy) is 2. The van der Waals surface area contributed by atoms with Gasteiger partial charge in [-0.3, -0.25) is 4.68 Å². The fourth-order valence-corrected chi connectivity index (χ4v) is 2.31. The molecule has 0 aliphatic heterocycles. The maximum Gasteiger partial charge on any atom is 0.319 e. The van der Waals surface area contributed by atoms with Gasteiger partial charge >= 0.3 is 6.03 Å². The SMILES string of the molecule is COc1ccc(NC(=O)NCc2c(C)nn(C)c2C)c(OC)c1. The molecule has 0 fully saturated rings. The summed E-state index contributed by atoms with van der Waals surface area (Å²) in [6.45, 7) is 4.31. The van der Waals surface area contributed by atoms with Crippen LogP contribution in [0.3, 0.4) is 0 Å². The normalized spacial score (nSPS) is 10.3. The van der Waals surface area contributed by atoms with Gasteiger partial charge in [0.25, 0.3) is 0 Å². The molecule has 2 N–H and O–H groups in total. The van der Waals surface area contributed by atoms with E-state index in [1.165, 1.54) is 0 Å². The minimum Gasteiger partial charge on any atom is -0.497 e. The molecular formula is C16H22N4O3. The smallest absolute Gasteiger partial charge is 0.319 e. The minimum atomic E-state index is -0.309. The van der Waals surface area contributed by atoms with Crippen molar-refractivity contribution in [3.05, 3.63) is 35.2 Å². The highest BCUT2D eigenvalue weighted by atomic mass is 16.5. The Kier molecular flexibility index (Phi) is 5.10. The van der Waals surface area contributed by atoms with E-state index in [9.17, 15) is 4.79 Å². The Labute approximate surface area is 135 Å². The third-order valence-electron chi connectivity index (χ3n) is 3.74. The largest absolute Gasteiger partial charge is 0.497 e. The van der Waals surface area contributed by atoms with Crippen molar-refractivity contribution in [1.29, 1.82) is 0 Å². The first-order valence-corrected chi connectivity index (χ1v) is 7.22. The maximum atomic E-state index is 12.1. The van der Waals surface area contributed by atoms with E-state index in [1.807, 2.05) is 20.9 Å². The van der Waals surface area contributed by atoms with Crippen molar-refractivity contribution in [3.63, 3.8) is 0 Å². The topological polar surface area (TPSA) is 77.4 Å². The summed E-state index contributed by atoms with van der Waals surface area (Å²) in [4.78, 5) is 12.1. The Bertz CT molecular complexity index is 710. The molecule has 0 radical (unpaired) electrons. The number of methoxy groups -OCH3 is 2. The van der Waals surface area contributed by atoms with Gasteiger partial charge in [-0.2, -0.15) is 5.10 Å². The zero-order valence-corrected chi connectivity index (χ0v) is 14.1. The number of carbonyl (C=O) groups excluding carboxylic acids is 1. The van der Waals surface area contributed by atoms with E-state index < -0.39 is 0 Å². The lowest BCUT2D eigenvalue weighted by atomic mass is 10.2. The summed E-state index contributed by atoms with van der Waals surface area (Å²) in [7, 11) is 5.00. The molecule has 2 rings (SSSR count). The molecule has 2 aromatic rings. The zero-order valence-electron chi connectivity index (χ0n) is 14.1. The van der Waals surface area contributed by atoms with Crippen LogP contribution in [0, 0.1) is 13.8 Å². The Morgan fingerprint density at radius 3 is 2.57 bits per heavy atom. The predicted molar refractivity (Wildman–Crippen MR) is 88.1 cm³/mol. The van der Waals surface area contributed by atoms with Crippen LogP contribution >= 0.6 is 0 Å². The van der Waals surface area contributed by atoms with Crippen molar-refractivity contribution in [3.8, 4) is 11.5 Å². The highest BCUT2D eigenvalue weighted by Crippen LogP contribution is 2.28. The molecule has 1 aromatic heterocycles. The van der Waals surface area contributed by atoms with E-state index in [0.29, 0.717) is 23.7 Å². The van der Waals surface area contributed by atoms with Crippen LogP contribution < -0.4 is 20.1 Å². The Morgan fingerprint density at radius 2 is 2.00 bits per heavy atom. The fraction of sp³-hybridized carbons (Fsp3) is 0.375. The molecule has 0 spiro atoms. The third-order valence-corrected chi connectivity index (χ3v) is 3.74. The van der Waals surface area contributed by atoms with Gasteiger partial charge < -0.3 is 20.1 Å². The maximum absolute atomic E-state index is 12.1. The lowest BCUT2D eigenvalue weighted by Crippen LogP contribution is -2.28. The van der Waals surface area contributed by atoms with Gasteiger partial charge in [-0.15, -0.1) is 0 Å². The van der Waals surface area contributed by atoms with Gasteiger partial charge in [0.15, 0.2) is 0 Å². The van der Waals surface area contributed by atoms with Crippen molar-refractivity contribution >= 4 is 11.7 Å². The minimum absolute atomic E-state index is 0.309. The standard InChI is InChI=1S/C16H22N4O3/c1-10-13(11(2)20(3)19-10)9-17-16(21)18-14-7-6-12(22-4)8-15(14)23-5/h6-8H,9H2,1-5H3,(H2,17,18,21). The summed E-state index contributed by atoms with van der Waals surface area (Å²) in [5.74, 6) is 1.20. The van der Waals surface area contributed by atoms with Crippen LogP contribution in [-0.2, 0) is 13.6 Å². The average Bonchev–Trinajstić information content (AvgIpc) is 2.78. The average molecular weight is 318 g/mol. The number of nitrogens with zero attached hydrogens (tertiary/aromatic N) is 2. The molecule has 23 heavy (non-hydrogen) atoms. The first-order chi connectivity index (χ1) is 11.0. The Balaban J connectivity index is 2.02. The van der Waals surface area contributed by atoms with Gasteiger partial charge in [-0.05, 0) is 26.0 Å². The fourth-order valence-electron chi connectivity index (χ4n) is 2.31. The van der Waals surface area contributed by atoms with Crippen LogP contribution in [0.5, 0.6) is 11.5 Å². The van der Waals surface area contributed by atoms with Gasteiger partial charge in [0.2, 0.25) is 0 Å². The Hall–Kier alpha value is -2.70. The second-order valence-corrected chi connectivity index (χ2v) is 5.15. The van der Waals surface area contributed by atoms with E-state index in [-0.39, 0.29) is 6.03 Å². The monoisotopic (exact) mass is 318 g/mol. The van der Waals surface area contributed by atoms with Crippen molar-refractivity contribution in [2.45, 2.75) is 20.4 Å². The molecule has 0 aliphatic rings. The number of aromatic nitrogens is 2.